The van der Waals surface area contributed by atoms with Gasteiger partial charge in [-0.15, -0.1) is 0 Å². The van der Waals surface area contributed by atoms with Crippen LogP contribution < -0.4 is 14.4 Å². The molecular weight excluding hydrogens is 414 g/mol. The van der Waals surface area contributed by atoms with Crippen molar-refractivity contribution < 1.29 is 9.47 Å². The minimum atomic E-state index is 0.637. The van der Waals surface area contributed by atoms with Crippen molar-refractivity contribution in [3.63, 3.8) is 0 Å². The summed E-state index contributed by atoms with van der Waals surface area (Å²) in [5.41, 5.74) is 3.41. The molecule has 0 bridgehead atoms. The SMILES string of the molecule is COc1ccccc1Oc1nc(N2CCC(C)CC2)nc2c1CN(Cc1ccncc1)CC2. The molecule has 172 valence electrons. The lowest BCUT2D eigenvalue weighted by Crippen LogP contribution is -2.36. The third-order valence-corrected chi connectivity index (χ3v) is 6.59. The normalized spacial score (nSPS) is 17.0. The minimum absolute atomic E-state index is 0.637. The van der Waals surface area contributed by atoms with Gasteiger partial charge in [-0.05, 0) is 48.6 Å². The lowest BCUT2D eigenvalue weighted by atomic mass is 9.99. The average molecular weight is 446 g/mol. The Morgan fingerprint density at radius 3 is 2.48 bits per heavy atom. The van der Waals surface area contributed by atoms with Crippen molar-refractivity contribution in [3.05, 3.63) is 65.6 Å². The summed E-state index contributed by atoms with van der Waals surface area (Å²) in [7, 11) is 1.66. The Hall–Kier alpha value is -3.19. The molecule has 0 amide bonds. The zero-order valence-corrected chi connectivity index (χ0v) is 19.4. The number of benzene rings is 1. The summed E-state index contributed by atoms with van der Waals surface area (Å²) >= 11 is 0. The molecule has 1 fully saturated rings. The van der Waals surface area contributed by atoms with E-state index in [9.17, 15) is 0 Å². The Kier molecular flexibility index (Phi) is 6.39. The second kappa shape index (κ2) is 9.75. The average Bonchev–Trinajstić information content (AvgIpc) is 2.85. The Morgan fingerprint density at radius 1 is 0.970 bits per heavy atom. The number of hydrogen-bond acceptors (Lipinski definition) is 7. The van der Waals surface area contributed by atoms with Gasteiger partial charge >= 0.3 is 0 Å². The molecule has 2 aliphatic rings. The smallest absolute Gasteiger partial charge is 0.229 e. The van der Waals surface area contributed by atoms with Crippen molar-refractivity contribution in [1.82, 2.24) is 19.9 Å². The molecule has 1 saturated heterocycles. The minimum Gasteiger partial charge on any atom is -0.493 e. The summed E-state index contributed by atoms with van der Waals surface area (Å²) in [6.45, 7) is 6.86. The molecule has 33 heavy (non-hydrogen) atoms. The lowest BCUT2D eigenvalue weighted by Gasteiger charge is -2.33. The maximum Gasteiger partial charge on any atom is 0.229 e. The molecule has 7 heteroatoms. The third kappa shape index (κ3) is 4.93. The van der Waals surface area contributed by atoms with E-state index in [1.807, 2.05) is 36.7 Å². The van der Waals surface area contributed by atoms with Gasteiger partial charge in [0.25, 0.3) is 0 Å². The zero-order chi connectivity index (χ0) is 22.6. The van der Waals surface area contributed by atoms with Crippen LogP contribution in [-0.4, -0.2) is 46.6 Å². The first-order chi connectivity index (χ1) is 16.2. The number of hydrogen-bond donors (Lipinski definition) is 0. The molecule has 5 rings (SSSR count). The van der Waals surface area contributed by atoms with Gasteiger partial charge in [-0.1, -0.05) is 19.1 Å². The van der Waals surface area contributed by atoms with Gasteiger partial charge in [0.05, 0.1) is 18.4 Å². The van der Waals surface area contributed by atoms with E-state index in [1.54, 1.807) is 7.11 Å². The summed E-state index contributed by atoms with van der Waals surface area (Å²) in [6.07, 6.45) is 6.91. The van der Waals surface area contributed by atoms with Crippen LogP contribution in [0.2, 0.25) is 0 Å². The van der Waals surface area contributed by atoms with E-state index in [-0.39, 0.29) is 0 Å². The first kappa shape index (κ1) is 21.6. The van der Waals surface area contributed by atoms with Gasteiger partial charge in [0, 0.05) is 51.5 Å². The molecule has 0 spiro atoms. The zero-order valence-electron chi connectivity index (χ0n) is 19.4. The van der Waals surface area contributed by atoms with E-state index in [2.05, 4.69) is 33.8 Å². The Bertz CT molecular complexity index is 1080. The molecule has 7 nitrogen and oxygen atoms in total. The van der Waals surface area contributed by atoms with Crippen LogP contribution in [0.1, 0.15) is 36.6 Å². The molecule has 2 aromatic heterocycles. The van der Waals surface area contributed by atoms with E-state index in [4.69, 9.17) is 19.4 Å². The van der Waals surface area contributed by atoms with Crippen LogP contribution in [-0.2, 0) is 19.5 Å². The Morgan fingerprint density at radius 2 is 1.73 bits per heavy atom. The van der Waals surface area contributed by atoms with Crippen LogP contribution in [0.4, 0.5) is 5.95 Å². The summed E-state index contributed by atoms with van der Waals surface area (Å²) in [5.74, 6) is 3.55. The lowest BCUT2D eigenvalue weighted by molar-refractivity contribution is 0.237. The standard InChI is InChI=1S/C26H31N5O2/c1-19-9-15-31(16-10-19)26-28-22-11-14-30(17-20-7-12-27-13-8-20)18-21(22)25(29-26)33-24-6-4-3-5-23(24)32-2/h3-8,12-13,19H,9-11,14-18H2,1-2H3. The maximum atomic E-state index is 6.41. The van der Waals surface area contributed by atoms with Gasteiger partial charge in [0.1, 0.15) is 0 Å². The number of ether oxygens (including phenoxy) is 2. The van der Waals surface area contributed by atoms with Gasteiger partial charge in [-0.25, -0.2) is 4.98 Å². The van der Waals surface area contributed by atoms with Crippen LogP contribution in [0.5, 0.6) is 17.4 Å². The highest BCUT2D eigenvalue weighted by Crippen LogP contribution is 2.36. The number of rotatable bonds is 6. The summed E-state index contributed by atoms with van der Waals surface area (Å²) in [4.78, 5) is 18.8. The Labute approximate surface area is 195 Å². The van der Waals surface area contributed by atoms with Crippen molar-refractivity contribution >= 4 is 5.95 Å². The molecule has 0 radical (unpaired) electrons. The molecule has 2 aliphatic heterocycles. The first-order valence-electron chi connectivity index (χ1n) is 11.8. The highest BCUT2D eigenvalue weighted by molar-refractivity contribution is 5.47. The first-order valence-corrected chi connectivity index (χ1v) is 11.8. The number of methoxy groups -OCH3 is 1. The van der Waals surface area contributed by atoms with Gasteiger partial charge in [0.2, 0.25) is 11.8 Å². The maximum absolute atomic E-state index is 6.41. The quantitative estimate of drug-likeness (QED) is 0.555. The molecule has 1 aromatic carbocycles. The van der Waals surface area contributed by atoms with Crippen LogP contribution >= 0.6 is 0 Å². The van der Waals surface area contributed by atoms with Gasteiger partial charge in [-0.3, -0.25) is 9.88 Å². The fraction of sp³-hybridized carbons (Fsp3) is 0.423. The number of fused-ring (bicyclic) bond motifs is 1. The van der Waals surface area contributed by atoms with Crippen LogP contribution in [0.3, 0.4) is 0 Å². The van der Waals surface area contributed by atoms with E-state index in [0.717, 1.165) is 62.3 Å². The number of nitrogens with zero attached hydrogens (tertiary/aromatic N) is 5. The van der Waals surface area contributed by atoms with E-state index < -0.39 is 0 Å². The van der Waals surface area contributed by atoms with E-state index in [1.165, 1.54) is 18.4 Å². The van der Waals surface area contributed by atoms with Crippen LogP contribution in [0, 0.1) is 5.92 Å². The fourth-order valence-corrected chi connectivity index (χ4v) is 4.55. The van der Waals surface area contributed by atoms with Crippen molar-refractivity contribution in [1.29, 1.82) is 0 Å². The van der Waals surface area contributed by atoms with Crippen molar-refractivity contribution in [3.8, 4) is 17.4 Å². The molecule has 0 saturated carbocycles. The predicted octanol–water partition coefficient (Wildman–Crippen LogP) is 4.47. The molecule has 4 heterocycles. The molecule has 0 N–H and O–H groups in total. The van der Waals surface area contributed by atoms with Crippen LogP contribution in [0.15, 0.2) is 48.8 Å². The summed E-state index contributed by atoms with van der Waals surface area (Å²) in [6, 6.07) is 11.9. The van der Waals surface area contributed by atoms with Gasteiger partial charge in [0.15, 0.2) is 11.5 Å². The van der Waals surface area contributed by atoms with Gasteiger partial charge in [-0.2, -0.15) is 4.98 Å². The molecule has 3 aromatic rings. The monoisotopic (exact) mass is 445 g/mol. The van der Waals surface area contributed by atoms with Crippen molar-refractivity contribution in [2.75, 3.05) is 31.6 Å². The third-order valence-electron chi connectivity index (χ3n) is 6.59. The second-order valence-corrected chi connectivity index (χ2v) is 8.99. The highest BCUT2D eigenvalue weighted by atomic mass is 16.5. The van der Waals surface area contributed by atoms with Gasteiger partial charge < -0.3 is 14.4 Å². The number of pyridine rings is 1. The van der Waals surface area contributed by atoms with Crippen molar-refractivity contribution in [2.24, 2.45) is 5.92 Å². The number of piperidine rings is 1. The van der Waals surface area contributed by atoms with E-state index >= 15 is 0 Å². The Balaban J connectivity index is 1.47. The predicted molar refractivity (Wildman–Crippen MR) is 128 cm³/mol. The van der Waals surface area contributed by atoms with Crippen LogP contribution in [0.25, 0.3) is 0 Å². The molecule has 0 unspecified atom stereocenters. The molecule has 0 atom stereocenters. The topological polar surface area (TPSA) is 63.6 Å². The second-order valence-electron chi connectivity index (χ2n) is 8.99. The molecule has 0 aliphatic carbocycles. The number of para-hydroxylation sites is 2. The highest BCUT2D eigenvalue weighted by Gasteiger charge is 2.27. The van der Waals surface area contributed by atoms with E-state index in [0.29, 0.717) is 17.4 Å². The number of anilines is 1. The van der Waals surface area contributed by atoms with Crippen molar-refractivity contribution in [2.45, 2.75) is 39.3 Å². The molecular formula is C26H31N5O2. The fourth-order valence-electron chi connectivity index (χ4n) is 4.55. The summed E-state index contributed by atoms with van der Waals surface area (Å²) in [5, 5.41) is 0. The largest absolute Gasteiger partial charge is 0.493 e. The number of aromatic nitrogens is 3. The summed E-state index contributed by atoms with van der Waals surface area (Å²) < 4.78 is 11.9.